The van der Waals surface area contributed by atoms with Crippen molar-refractivity contribution in [3.8, 4) is 0 Å². The van der Waals surface area contributed by atoms with Gasteiger partial charge in [0.15, 0.2) is 0 Å². The molecule has 1 N–H and O–H groups in total. The quantitative estimate of drug-likeness (QED) is 0.752. The minimum Gasteiger partial charge on any atom is -0.432 e. The molecule has 1 aromatic heterocycles. The van der Waals surface area contributed by atoms with E-state index in [1.165, 1.54) is 0 Å². The average molecular weight is 172 g/mol. The first kappa shape index (κ1) is 8.46. The third kappa shape index (κ3) is 2.84. The van der Waals surface area contributed by atoms with Crippen molar-refractivity contribution in [3.63, 3.8) is 0 Å². The van der Waals surface area contributed by atoms with Crippen molar-refractivity contribution in [2.45, 2.75) is 13.0 Å². The molecule has 1 aromatic rings. The molecule has 0 amide bonds. The maximum atomic E-state index is 5.02. The van der Waals surface area contributed by atoms with E-state index in [0.717, 1.165) is 5.75 Å². The summed E-state index contributed by atoms with van der Waals surface area (Å²) >= 11 is 1.80. The van der Waals surface area contributed by atoms with Gasteiger partial charge in [-0.15, -0.1) is 0 Å². The second-order valence-electron chi connectivity index (χ2n) is 2.34. The van der Waals surface area contributed by atoms with Crippen LogP contribution in [0, 0.1) is 0 Å². The van der Waals surface area contributed by atoms with E-state index in [1.807, 2.05) is 0 Å². The van der Waals surface area contributed by atoms with Gasteiger partial charge in [-0.05, 0) is 13.2 Å². The molecule has 62 valence electrons. The number of anilines is 1. The number of hydrogen-bond donors (Lipinski definition) is 1. The standard InChI is InChI=1S/C7H12N2OS/c1-6(5-11-2)9-7-8-3-4-10-7/h3-4,6H,5H2,1-2H3,(H,8,9). The van der Waals surface area contributed by atoms with Crippen LogP contribution in [-0.4, -0.2) is 23.0 Å². The van der Waals surface area contributed by atoms with Crippen LogP contribution >= 0.6 is 11.8 Å². The lowest BCUT2D eigenvalue weighted by Gasteiger charge is -2.08. The van der Waals surface area contributed by atoms with E-state index in [-0.39, 0.29) is 0 Å². The van der Waals surface area contributed by atoms with Gasteiger partial charge in [-0.3, -0.25) is 0 Å². The summed E-state index contributed by atoms with van der Waals surface area (Å²) < 4.78 is 5.02. The molecule has 11 heavy (non-hydrogen) atoms. The third-order valence-corrected chi connectivity index (χ3v) is 2.05. The average Bonchev–Trinajstić information content (AvgIpc) is 2.40. The largest absolute Gasteiger partial charge is 0.432 e. The van der Waals surface area contributed by atoms with Gasteiger partial charge in [-0.2, -0.15) is 11.8 Å². The number of nitrogens with one attached hydrogen (secondary N) is 1. The van der Waals surface area contributed by atoms with Crippen LogP contribution in [0.1, 0.15) is 6.92 Å². The molecule has 0 spiro atoms. The highest BCUT2D eigenvalue weighted by atomic mass is 32.2. The molecule has 1 heterocycles. The van der Waals surface area contributed by atoms with Gasteiger partial charge >= 0.3 is 0 Å². The Morgan fingerprint density at radius 1 is 1.82 bits per heavy atom. The van der Waals surface area contributed by atoms with Gasteiger partial charge in [0.2, 0.25) is 0 Å². The Morgan fingerprint density at radius 3 is 3.18 bits per heavy atom. The summed E-state index contributed by atoms with van der Waals surface area (Å²) in [5.41, 5.74) is 0. The zero-order chi connectivity index (χ0) is 8.10. The predicted molar refractivity (Wildman–Crippen MR) is 48.0 cm³/mol. The molecule has 0 aliphatic rings. The first-order valence-electron chi connectivity index (χ1n) is 3.48. The van der Waals surface area contributed by atoms with Crippen LogP contribution < -0.4 is 5.32 Å². The zero-order valence-electron chi connectivity index (χ0n) is 6.70. The smallest absolute Gasteiger partial charge is 0.294 e. The van der Waals surface area contributed by atoms with Crippen LogP contribution in [0.5, 0.6) is 0 Å². The van der Waals surface area contributed by atoms with Crippen molar-refractivity contribution >= 4 is 17.8 Å². The van der Waals surface area contributed by atoms with Gasteiger partial charge in [0, 0.05) is 11.8 Å². The van der Waals surface area contributed by atoms with Gasteiger partial charge in [-0.1, -0.05) is 0 Å². The molecule has 0 aromatic carbocycles. The van der Waals surface area contributed by atoms with E-state index >= 15 is 0 Å². The zero-order valence-corrected chi connectivity index (χ0v) is 7.52. The minimum absolute atomic E-state index is 0.406. The van der Waals surface area contributed by atoms with Crippen LogP contribution in [0.4, 0.5) is 6.01 Å². The number of oxazole rings is 1. The molecule has 0 saturated heterocycles. The summed E-state index contributed by atoms with van der Waals surface area (Å²) in [6, 6.07) is 1.01. The lowest BCUT2D eigenvalue weighted by Crippen LogP contribution is -2.17. The monoisotopic (exact) mass is 172 g/mol. The first-order valence-corrected chi connectivity index (χ1v) is 4.87. The SMILES string of the molecule is CSCC(C)Nc1ncco1. The number of nitrogens with zero attached hydrogens (tertiary/aromatic N) is 1. The summed E-state index contributed by atoms with van der Waals surface area (Å²) in [7, 11) is 0. The molecular formula is C7H12N2OS. The van der Waals surface area contributed by atoms with Gasteiger partial charge < -0.3 is 9.73 Å². The van der Waals surface area contributed by atoms with Crippen molar-refractivity contribution in [3.05, 3.63) is 12.5 Å². The topological polar surface area (TPSA) is 38.1 Å². The Bertz CT molecular complexity index is 188. The van der Waals surface area contributed by atoms with Gasteiger partial charge in [0.25, 0.3) is 6.01 Å². The summed E-state index contributed by atoms with van der Waals surface area (Å²) in [6.45, 7) is 2.10. The molecule has 1 atom stereocenters. The second kappa shape index (κ2) is 4.28. The molecule has 1 unspecified atom stereocenters. The predicted octanol–water partition coefficient (Wildman–Crippen LogP) is 1.84. The van der Waals surface area contributed by atoms with E-state index in [4.69, 9.17) is 4.42 Å². The van der Waals surface area contributed by atoms with E-state index in [0.29, 0.717) is 12.1 Å². The van der Waals surface area contributed by atoms with Crippen LogP contribution in [0.25, 0.3) is 0 Å². The van der Waals surface area contributed by atoms with Crippen LogP contribution in [0.15, 0.2) is 16.9 Å². The van der Waals surface area contributed by atoms with Crippen LogP contribution in [0.2, 0.25) is 0 Å². The fourth-order valence-corrected chi connectivity index (χ4v) is 1.38. The van der Waals surface area contributed by atoms with Crippen molar-refractivity contribution < 1.29 is 4.42 Å². The highest BCUT2D eigenvalue weighted by Crippen LogP contribution is 2.06. The summed E-state index contributed by atoms with van der Waals surface area (Å²) in [5.74, 6) is 1.06. The molecule has 0 bridgehead atoms. The molecule has 0 saturated carbocycles. The normalized spacial score (nSPS) is 12.9. The Balaban J connectivity index is 2.31. The Kier molecular flexibility index (Phi) is 3.29. The third-order valence-electron chi connectivity index (χ3n) is 1.22. The molecular weight excluding hydrogens is 160 g/mol. The Labute approximate surface area is 70.6 Å². The molecule has 3 nitrogen and oxygen atoms in total. The van der Waals surface area contributed by atoms with Crippen molar-refractivity contribution in [2.24, 2.45) is 0 Å². The summed E-state index contributed by atoms with van der Waals surface area (Å²) in [4.78, 5) is 3.95. The lowest BCUT2D eigenvalue weighted by molar-refractivity contribution is 0.565. The van der Waals surface area contributed by atoms with Crippen LogP contribution in [0.3, 0.4) is 0 Å². The molecule has 1 rings (SSSR count). The second-order valence-corrected chi connectivity index (χ2v) is 3.25. The fraction of sp³-hybridized carbons (Fsp3) is 0.571. The lowest BCUT2D eigenvalue weighted by atomic mass is 10.4. The van der Waals surface area contributed by atoms with E-state index < -0.39 is 0 Å². The van der Waals surface area contributed by atoms with Crippen molar-refractivity contribution in [1.82, 2.24) is 4.98 Å². The number of rotatable bonds is 4. The van der Waals surface area contributed by atoms with Crippen LogP contribution in [-0.2, 0) is 0 Å². The number of aromatic nitrogens is 1. The summed E-state index contributed by atoms with van der Waals surface area (Å²) in [5, 5.41) is 3.12. The van der Waals surface area contributed by atoms with Crippen molar-refractivity contribution in [2.75, 3.05) is 17.3 Å². The maximum absolute atomic E-state index is 5.02. The van der Waals surface area contributed by atoms with E-state index in [1.54, 1.807) is 24.2 Å². The molecule has 0 fully saturated rings. The van der Waals surface area contributed by atoms with E-state index in [9.17, 15) is 0 Å². The number of hydrogen-bond acceptors (Lipinski definition) is 4. The molecule has 4 heteroatoms. The van der Waals surface area contributed by atoms with Gasteiger partial charge in [-0.25, -0.2) is 4.98 Å². The molecule has 0 aliphatic heterocycles. The minimum atomic E-state index is 0.406. The van der Waals surface area contributed by atoms with Crippen molar-refractivity contribution in [1.29, 1.82) is 0 Å². The summed E-state index contributed by atoms with van der Waals surface area (Å²) in [6.07, 6.45) is 5.27. The number of thioether (sulfide) groups is 1. The van der Waals surface area contributed by atoms with Gasteiger partial charge in [0.05, 0.1) is 6.20 Å². The first-order chi connectivity index (χ1) is 5.33. The Hall–Kier alpha value is -0.640. The highest BCUT2D eigenvalue weighted by molar-refractivity contribution is 7.98. The Morgan fingerprint density at radius 2 is 2.64 bits per heavy atom. The molecule has 0 radical (unpaired) electrons. The highest BCUT2D eigenvalue weighted by Gasteiger charge is 2.02. The maximum Gasteiger partial charge on any atom is 0.294 e. The molecule has 0 aliphatic carbocycles. The van der Waals surface area contributed by atoms with E-state index in [2.05, 4.69) is 23.5 Å². The fourth-order valence-electron chi connectivity index (χ4n) is 0.797. The van der Waals surface area contributed by atoms with Gasteiger partial charge in [0.1, 0.15) is 6.26 Å².